The lowest BCUT2D eigenvalue weighted by atomic mass is 9.87. The van der Waals surface area contributed by atoms with Crippen molar-refractivity contribution in [3.63, 3.8) is 0 Å². The number of nitrogens with zero attached hydrogens (tertiary/aromatic N) is 3. The minimum absolute atomic E-state index is 0. The second-order valence-electron chi connectivity index (χ2n) is 16.1. The van der Waals surface area contributed by atoms with Gasteiger partial charge in [0.15, 0.2) is 0 Å². The highest BCUT2D eigenvalue weighted by Crippen LogP contribution is 2.27. The Morgan fingerprint density at radius 2 is 1.10 bits per heavy atom. The standard InChI is InChI=1S/C10H21N.2C9H19N.C9H18O.CH4/c1-8(2)10-5-6-11(7-10)9(3)4;1-7(2)9-5-10(6-9)8(3)4;1-7(2)5-9-6-10(9)8(3)4;1-7(2)5-6-9(10)8(3)4;/h8-10H,5-7H2,1-4H3;2*7-9H,5-6H2,1-4H3;7-8H,5-6H2,1-4H3;1H4. The van der Waals surface area contributed by atoms with E-state index in [1.807, 2.05) is 13.8 Å². The minimum Gasteiger partial charge on any atom is -0.301 e. The van der Waals surface area contributed by atoms with Crippen molar-refractivity contribution < 1.29 is 4.79 Å². The third-order valence-corrected chi connectivity index (χ3v) is 9.32. The van der Waals surface area contributed by atoms with Crippen LogP contribution in [0, 0.1) is 41.4 Å². The molecule has 4 nitrogen and oxygen atoms in total. The average molecular weight is 596 g/mol. The van der Waals surface area contributed by atoms with Gasteiger partial charge in [-0.15, -0.1) is 0 Å². The van der Waals surface area contributed by atoms with Gasteiger partial charge in [0.1, 0.15) is 5.78 Å². The van der Waals surface area contributed by atoms with Gasteiger partial charge >= 0.3 is 0 Å². The number of hydrogen-bond acceptors (Lipinski definition) is 4. The Kier molecular flexibility index (Phi) is 23.0. The Morgan fingerprint density at radius 1 is 0.619 bits per heavy atom. The van der Waals surface area contributed by atoms with Crippen molar-refractivity contribution in [3.05, 3.63) is 0 Å². The third kappa shape index (κ3) is 19.0. The topological polar surface area (TPSA) is 26.6 Å². The number of carbonyl (C=O) groups excluding carboxylic acids is 1. The fourth-order valence-electron chi connectivity index (χ4n) is 5.52. The molecule has 3 unspecified atom stereocenters. The molecular weight excluding hydrogens is 514 g/mol. The highest BCUT2D eigenvalue weighted by atomic mass is 16.1. The van der Waals surface area contributed by atoms with Gasteiger partial charge in [-0.3, -0.25) is 9.69 Å². The largest absolute Gasteiger partial charge is 0.301 e. The van der Waals surface area contributed by atoms with E-state index in [0.29, 0.717) is 11.7 Å². The molecule has 0 saturated carbocycles. The summed E-state index contributed by atoms with van der Waals surface area (Å²) in [5, 5.41) is 0. The fourth-order valence-corrected chi connectivity index (χ4v) is 5.52. The summed E-state index contributed by atoms with van der Waals surface area (Å²) in [6.45, 7) is 42.5. The Labute approximate surface area is 267 Å². The molecule has 0 aromatic rings. The van der Waals surface area contributed by atoms with Crippen molar-refractivity contribution in [1.29, 1.82) is 0 Å². The van der Waals surface area contributed by atoms with Crippen LogP contribution in [0.5, 0.6) is 0 Å². The Hall–Kier alpha value is -0.450. The monoisotopic (exact) mass is 596 g/mol. The molecule has 42 heavy (non-hydrogen) atoms. The van der Waals surface area contributed by atoms with E-state index in [0.717, 1.165) is 66.6 Å². The predicted octanol–water partition coefficient (Wildman–Crippen LogP) is 9.76. The first-order valence-electron chi connectivity index (χ1n) is 17.6. The molecule has 3 heterocycles. The van der Waals surface area contributed by atoms with Gasteiger partial charge in [-0.25, -0.2) is 0 Å². The van der Waals surface area contributed by atoms with Gasteiger partial charge in [0.2, 0.25) is 0 Å². The van der Waals surface area contributed by atoms with Crippen LogP contribution in [0.1, 0.15) is 144 Å². The smallest absolute Gasteiger partial charge is 0.135 e. The van der Waals surface area contributed by atoms with E-state index in [1.165, 1.54) is 45.6 Å². The first-order chi connectivity index (χ1) is 18.9. The lowest BCUT2D eigenvalue weighted by Crippen LogP contribution is -2.51. The number of carbonyl (C=O) groups is 1. The van der Waals surface area contributed by atoms with Crippen molar-refractivity contribution in [2.24, 2.45) is 41.4 Å². The number of likely N-dealkylation sites (tertiary alicyclic amines) is 2. The van der Waals surface area contributed by atoms with Crippen LogP contribution in [0.15, 0.2) is 0 Å². The SMILES string of the molecule is C.CC(C)C1CCN(C(C)C)C1.CC(C)C1CN(C(C)C)C1.CC(C)CC1CN1C(C)C.CC(C)CCC(=O)C(C)C. The Bertz CT molecular complexity index is 627. The van der Waals surface area contributed by atoms with E-state index in [2.05, 4.69) is 112 Å². The molecule has 0 N–H and O–H groups in total. The van der Waals surface area contributed by atoms with Crippen molar-refractivity contribution >= 4 is 5.78 Å². The molecule has 3 atom stereocenters. The van der Waals surface area contributed by atoms with Gasteiger partial charge in [0.05, 0.1) is 0 Å². The zero-order valence-electron chi connectivity index (χ0n) is 31.0. The quantitative estimate of drug-likeness (QED) is 0.222. The molecule has 3 fully saturated rings. The molecule has 3 aliphatic heterocycles. The molecular formula is C38H81N3O. The number of Topliss-reactive ketones (excluding diaryl/α,β-unsaturated/α-hetero) is 1. The van der Waals surface area contributed by atoms with Gasteiger partial charge in [0.25, 0.3) is 0 Å². The van der Waals surface area contributed by atoms with E-state index in [9.17, 15) is 4.79 Å². The zero-order valence-corrected chi connectivity index (χ0v) is 31.0. The van der Waals surface area contributed by atoms with Crippen molar-refractivity contribution in [2.45, 2.75) is 168 Å². The zero-order chi connectivity index (χ0) is 32.0. The third-order valence-electron chi connectivity index (χ3n) is 9.32. The van der Waals surface area contributed by atoms with Crippen molar-refractivity contribution in [1.82, 2.24) is 14.7 Å². The number of rotatable bonds is 11. The molecule has 0 aliphatic carbocycles. The van der Waals surface area contributed by atoms with E-state index in [-0.39, 0.29) is 13.3 Å². The summed E-state index contributed by atoms with van der Waals surface area (Å²) in [7, 11) is 0. The highest BCUT2D eigenvalue weighted by molar-refractivity contribution is 5.80. The summed E-state index contributed by atoms with van der Waals surface area (Å²) >= 11 is 0. The van der Waals surface area contributed by atoms with Gasteiger partial charge in [-0.1, -0.05) is 76.7 Å². The number of hydrogen-bond donors (Lipinski definition) is 0. The van der Waals surface area contributed by atoms with Crippen LogP contribution in [0.2, 0.25) is 0 Å². The Morgan fingerprint density at radius 3 is 1.38 bits per heavy atom. The minimum atomic E-state index is 0. The van der Waals surface area contributed by atoms with Crippen LogP contribution in [0.25, 0.3) is 0 Å². The molecule has 4 heteroatoms. The first-order valence-corrected chi connectivity index (χ1v) is 17.6. The van der Waals surface area contributed by atoms with Crippen molar-refractivity contribution in [3.8, 4) is 0 Å². The molecule has 254 valence electrons. The predicted molar refractivity (Wildman–Crippen MR) is 190 cm³/mol. The summed E-state index contributed by atoms with van der Waals surface area (Å²) in [5.74, 6) is 5.83. The highest BCUT2D eigenvalue weighted by Gasteiger charge is 2.35. The van der Waals surface area contributed by atoms with Gasteiger partial charge in [0, 0.05) is 62.7 Å². The summed E-state index contributed by atoms with van der Waals surface area (Å²) in [6, 6.07) is 3.19. The molecule has 3 saturated heterocycles. The fraction of sp³-hybridized carbons (Fsp3) is 0.974. The molecule has 0 aromatic heterocycles. The van der Waals surface area contributed by atoms with Crippen LogP contribution in [-0.4, -0.2) is 77.4 Å². The van der Waals surface area contributed by atoms with Gasteiger partial charge in [-0.05, 0) is 103 Å². The molecule has 0 bridgehead atoms. The van der Waals surface area contributed by atoms with E-state index in [1.54, 1.807) is 0 Å². The molecule has 0 amide bonds. The lowest BCUT2D eigenvalue weighted by molar-refractivity contribution is -0.122. The van der Waals surface area contributed by atoms with E-state index < -0.39 is 0 Å². The van der Waals surface area contributed by atoms with E-state index in [4.69, 9.17) is 0 Å². The average Bonchev–Trinajstić information content (AvgIpc) is 3.37. The number of ketones is 1. The van der Waals surface area contributed by atoms with Crippen LogP contribution >= 0.6 is 0 Å². The normalized spacial score (nSPS) is 22.6. The second-order valence-corrected chi connectivity index (χ2v) is 16.1. The molecule has 0 spiro atoms. The first kappa shape index (κ1) is 43.7. The Balaban J connectivity index is 0. The van der Waals surface area contributed by atoms with E-state index >= 15 is 0 Å². The van der Waals surface area contributed by atoms with Crippen LogP contribution in [0.4, 0.5) is 0 Å². The second kappa shape index (κ2) is 22.1. The molecule has 3 rings (SSSR count). The summed E-state index contributed by atoms with van der Waals surface area (Å²) in [5.41, 5.74) is 0. The summed E-state index contributed by atoms with van der Waals surface area (Å²) < 4.78 is 0. The van der Waals surface area contributed by atoms with Gasteiger partial charge < -0.3 is 9.80 Å². The van der Waals surface area contributed by atoms with Gasteiger partial charge in [-0.2, -0.15) is 0 Å². The molecule has 3 aliphatic rings. The maximum atomic E-state index is 11.0. The molecule has 0 aromatic carbocycles. The molecule has 0 radical (unpaired) electrons. The summed E-state index contributed by atoms with van der Waals surface area (Å²) in [4.78, 5) is 18.7. The van der Waals surface area contributed by atoms with Crippen molar-refractivity contribution in [2.75, 3.05) is 32.7 Å². The van der Waals surface area contributed by atoms with Crippen LogP contribution in [0.3, 0.4) is 0 Å². The maximum absolute atomic E-state index is 11.0. The van der Waals surface area contributed by atoms with Crippen LogP contribution < -0.4 is 0 Å². The van der Waals surface area contributed by atoms with Crippen LogP contribution in [-0.2, 0) is 4.79 Å². The summed E-state index contributed by atoms with van der Waals surface area (Å²) in [6.07, 6.45) is 4.60. The lowest BCUT2D eigenvalue weighted by Gasteiger charge is -2.44. The maximum Gasteiger partial charge on any atom is 0.135 e.